The van der Waals surface area contributed by atoms with Gasteiger partial charge in [-0.1, -0.05) is 29.8 Å². The van der Waals surface area contributed by atoms with E-state index in [4.69, 9.17) is 10.5 Å². The molecule has 1 heterocycles. The molecule has 3 N–H and O–H groups in total. The van der Waals surface area contributed by atoms with E-state index in [0.717, 1.165) is 25.0 Å². The predicted octanol–water partition coefficient (Wildman–Crippen LogP) is 2.10. The molecular weight excluding hydrogens is 276 g/mol. The van der Waals surface area contributed by atoms with Gasteiger partial charge in [-0.05, 0) is 25.3 Å². The smallest absolute Gasteiger partial charge is 0.221 e. The zero-order chi connectivity index (χ0) is 13.7. The van der Waals surface area contributed by atoms with Crippen molar-refractivity contribution in [1.82, 2.24) is 5.32 Å². The first kappa shape index (κ1) is 17.0. The van der Waals surface area contributed by atoms with Crippen LogP contribution in [0.4, 0.5) is 0 Å². The summed E-state index contributed by atoms with van der Waals surface area (Å²) in [6.45, 7) is 3.20. The van der Waals surface area contributed by atoms with Gasteiger partial charge in [0.05, 0.1) is 6.04 Å². The number of halogens is 1. The summed E-state index contributed by atoms with van der Waals surface area (Å²) in [6, 6.07) is 8.36. The van der Waals surface area contributed by atoms with Crippen LogP contribution >= 0.6 is 12.4 Å². The standard InChI is InChI=1S/C15H22N2O2.ClH/c1-11-4-6-12(7-5-11)15-13(3-2-10-19-15)17-14(18)8-9-16;/h4-7,13,15H,2-3,8-10,16H2,1H3,(H,17,18);1H. The molecule has 2 atom stereocenters. The van der Waals surface area contributed by atoms with Crippen molar-refractivity contribution in [1.29, 1.82) is 0 Å². The van der Waals surface area contributed by atoms with Crippen LogP contribution in [0.2, 0.25) is 0 Å². The summed E-state index contributed by atoms with van der Waals surface area (Å²) in [5.41, 5.74) is 7.76. The lowest BCUT2D eigenvalue weighted by atomic mass is 9.95. The molecule has 2 unspecified atom stereocenters. The number of ether oxygens (including phenoxy) is 1. The summed E-state index contributed by atoms with van der Waals surface area (Å²) < 4.78 is 5.85. The zero-order valence-corrected chi connectivity index (χ0v) is 12.6. The number of benzene rings is 1. The van der Waals surface area contributed by atoms with E-state index >= 15 is 0 Å². The van der Waals surface area contributed by atoms with Gasteiger partial charge in [0.25, 0.3) is 0 Å². The number of carbonyl (C=O) groups is 1. The number of hydrogen-bond donors (Lipinski definition) is 2. The van der Waals surface area contributed by atoms with E-state index in [9.17, 15) is 4.79 Å². The molecule has 1 aromatic carbocycles. The minimum absolute atomic E-state index is 0. The SMILES string of the molecule is Cc1ccc(C2OCCCC2NC(=O)CCN)cc1.Cl. The molecule has 1 aliphatic rings. The van der Waals surface area contributed by atoms with E-state index in [-0.39, 0.29) is 30.5 Å². The van der Waals surface area contributed by atoms with Gasteiger partial charge in [0.2, 0.25) is 5.91 Å². The van der Waals surface area contributed by atoms with Crippen LogP contribution in [0.3, 0.4) is 0 Å². The number of nitrogens with one attached hydrogen (secondary N) is 1. The molecule has 0 aromatic heterocycles. The second kappa shape index (κ2) is 8.25. The Kier molecular flexibility index (Phi) is 6.99. The molecule has 5 heteroatoms. The molecule has 0 spiro atoms. The Morgan fingerprint density at radius 2 is 2.10 bits per heavy atom. The molecule has 1 aromatic rings. The fourth-order valence-corrected chi connectivity index (χ4v) is 2.42. The second-order valence-electron chi connectivity index (χ2n) is 5.06. The van der Waals surface area contributed by atoms with Gasteiger partial charge in [-0.15, -0.1) is 12.4 Å². The molecule has 1 aliphatic heterocycles. The fraction of sp³-hybridized carbons (Fsp3) is 0.533. The highest BCUT2D eigenvalue weighted by molar-refractivity contribution is 5.85. The third kappa shape index (κ3) is 4.47. The maximum atomic E-state index is 11.7. The number of hydrogen-bond acceptors (Lipinski definition) is 3. The van der Waals surface area contributed by atoms with Crippen molar-refractivity contribution in [2.75, 3.05) is 13.2 Å². The lowest BCUT2D eigenvalue weighted by Crippen LogP contribution is -2.43. The third-order valence-electron chi connectivity index (χ3n) is 3.45. The largest absolute Gasteiger partial charge is 0.371 e. The maximum absolute atomic E-state index is 11.7. The van der Waals surface area contributed by atoms with Gasteiger partial charge in [-0.3, -0.25) is 4.79 Å². The second-order valence-corrected chi connectivity index (χ2v) is 5.06. The molecule has 0 aliphatic carbocycles. The average molecular weight is 299 g/mol. The fourth-order valence-electron chi connectivity index (χ4n) is 2.42. The zero-order valence-electron chi connectivity index (χ0n) is 11.8. The van der Waals surface area contributed by atoms with E-state index in [2.05, 4.69) is 36.5 Å². The first-order valence-corrected chi connectivity index (χ1v) is 6.88. The summed E-state index contributed by atoms with van der Waals surface area (Å²) in [5, 5.41) is 3.04. The number of carbonyl (C=O) groups excluding carboxylic acids is 1. The van der Waals surface area contributed by atoms with Gasteiger partial charge >= 0.3 is 0 Å². The Morgan fingerprint density at radius 1 is 1.40 bits per heavy atom. The highest BCUT2D eigenvalue weighted by Crippen LogP contribution is 2.28. The average Bonchev–Trinajstić information content (AvgIpc) is 2.41. The summed E-state index contributed by atoms with van der Waals surface area (Å²) in [5.74, 6) is 0.00936. The van der Waals surface area contributed by atoms with Gasteiger partial charge in [-0.25, -0.2) is 0 Å². The van der Waals surface area contributed by atoms with Crippen LogP contribution in [0.5, 0.6) is 0 Å². The Balaban J connectivity index is 0.00000200. The van der Waals surface area contributed by atoms with E-state index in [0.29, 0.717) is 13.0 Å². The molecule has 2 rings (SSSR count). The van der Waals surface area contributed by atoms with Crippen LogP contribution in [0.15, 0.2) is 24.3 Å². The summed E-state index contributed by atoms with van der Waals surface area (Å²) >= 11 is 0. The molecule has 112 valence electrons. The number of nitrogens with two attached hydrogens (primary N) is 1. The third-order valence-corrected chi connectivity index (χ3v) is 3.45. The molecule has 0 bridgehead atoms. The minimum atomic E-state index is -0.0453. The van der Waals surface area contributed by atoms with Gasteiger partial charge in [0, 0.05) is 19.6 Å². The molecular formula is C15H23ClN2O2. The summed E-state index contributed by atoms with van der Waals surface area (Å²) in [4.78, 5) is 11.7. The van der Waals surface area contributed by atoms with Crippen LogP contribution in [0, 0.1) is 6.92 Å². The number of rotatable bonds is 4. The first-order valence-electron chi connectivity index (χ1n) is 6.88. The number of aryl methyl sites for hydroxylation is 1. The summed E-state index contributed by atoms with van der Waals surface area (Å²) in [7, 11) is 0. The van der Waals surface area contributed by atoms with Crippen LogP contribution in [0.1, 0.15) is 36.5 Å². The highest BCUT2D eigenvalue weighted by atomic mass is 35.5. The minimum Gasteiger partial charge on any atom is -0.371 e. The van der Waals surface area contributed by atoms with E-state index < -0.39 is 0 Å². The van der Waals surface area contributed by atoms with Gasteiger partial charge in [0.1, 0.15) is 6.10 Å². The van der Waals surface area contributed by atoms with Crippen LogP contribution < -0.4 is 11.1 Å². The molecule has 4 nitrogen and oxygen atoms in total. The highest BCUT2D eigenvalue weighted by Gasteiger charge is 2.28. The Morgan fingerprint density at radius 3 is 2.75 bits per heavy atom. The van der Waals surface area contributed by atoms with E-state index in [1.54, 1.807) is 0 Å². The number of amides is 1. The van der Waals surface area contributed by atoms with Crippen LogP contribution in [-0.4, -0.2) is 25.1 Å². The van der Waals surface area contributed by atoms with Crippen molar-refractivity contribution in [3.63, 3.8) is 0 Å². The monoisotopic (exact) mass is 298 g/mol. The van der Waals surface area contributed by atoms with E-state index in [1.807, 2.05) is 0 Å². The molecule has 0 radical (unpaired) electrons. The van der Waals surface area contributed by atoms with Gasteiger partial charge < -0.3 is 15.8 Å². The van der Waals surface area contributed by atoms with Crippen molar-refractivity contribution in [3.8, 4) is 0 Å². The normalized spacial score (nSPS) is 21.9. The first-order chi connectivity index (χ1) is 9.20. The lowest BCUT2D eigenvalue weighted by Gasteiger charge is -2.32. The maximum Gasteiger partial charge on any atom is 0.221 e. The van der Waals surface area contributed by atoms with Crippen molar-refractivity contribution in [2.45, 2.75) is 38.3 Å². The molecule has 1 saturated heterocycles. The predicted molar refractivity (Wildman–Crippen MR) is 82.0 cm³/mol. The quantitative estimate of drug-likeness (QED) is 0.895. The Bertz CT molecular complexity index is 422. The Labute approximate surface area is 126 Å². The molecule has 20 heavy (non-hydrogen) atoms. The summed E-state index contributed by atoms with van der Waals surface area (Å²) in [6.07, 6.45) is 2.26. The lowest BCUT2D eigenvalue weighted by molar-refractivity contribution is -0.124. The topological polar surface area (TPSA) is 64.3 Å². The van der Waals surface area contributed by atoms with Crippen molar-refractivity contribution in [3.05, 3.63) is 35.4 Å². The van der Waals surface area contributed by atoms with E-state index in [1.165, 1.54) is 5.56 Å². The van der Waals surface area contributed by atoms with Gasteiger partial charge in [0.15, 0.2) is 0 Å². The molecule has 1 amide bonds. The Hall–Kier alpha value is -1.10. The molecule has 1 fully saturated rings. The van der Waals surface area contributed by atoms with Crippen molar-refractivity contribution < 1.29 is 9.53 Å². The van der Waals surface area contributed by atoms with Gasteiger partial charge in [-0.2, -0.15) is 0 Å². The molecule has 0 saturated carbocycles. The van der Waals surface area contributed by atoms with Crippen molar-refractivity contribution >= 4 is 18.3 Å². The van der Waals surface area contributed by atoms with Crippen molar-refractivity contribution in [2.24, 2.45) is 5.73 Å². The van der Waals surface area contributed by atoms with Crippen LogP contribution in [-0.2, 0) is 9.53 Å². The van der Waals surface area contributed by atoms with Crippen LogP contribution in [0.25, 0.3) is 0 Å².